The first-order valence-corrected chi connectivity index (χ1v) is 6.18. The zero-order chi connectivity index (χ0) is 14.7. The van der Waals surface area contributed by atoms with Gasteiger partial charge in [-0.3, -0.25) is 15.0 Å². The topological polar surface area (TPSA) is 67.9 Å². The number of nitrogens with zero attached hydrogens (tertiary/aromatic N) is 1. The summed E-state index contributed by atoms with van der Waals surface area (Å²) < 4.78 is 10.6. The lowest BCUT2D eigenvalue weighted by Gasteiger charge is -2.17. The van der Waals surface area contributed by atoms with Crippen molar-refractivity contribution < 1.29 is 19.1 Å². The van der Waals surface area contributed by atoms with Crippen molar-refractivity contribution in [1.29, 1.82) is 0 Å². The Hall–Kier alpha value is -2.50. The highest BCUT2D eigenvalue weighted by molar-refractivity contribution is 6.15. The van der Waals surface area contributed by atoms with E-state index in [0.29, 0.717) is 23.6 Å². The SMILES string of the molecule is CCN1C(=O)NC(=O)C1=C(OC)c1ccccc1OC. The number of amides is 3. The van der Waals surface area contributed by atoms with E-state index in [1.165, 1.54) is 19.1 Å². The monoisotopic (exact) mass is 276 g/mol. The van der Waals surface area contributed by atoms with Crippen LogP contribution in [0.15, 0.2) is 30.0 Å². The molecule has 106 valence electrons. The van der Waals surface area contributed by atoms with Crippen LogP contribution in [0.5, 0.6) is 5.75 Å². The van der Waals surface area contributed by atoms with Crippen LogP contribution < -0.4 is 10.1 Å². The number of methoxy groups -OCH3 is 2. The third kappa shape index (κ3) is 2.20. The van der Waals surface area contributed by atoms with Crippen LogP contribution in [0, 0.1) is 0 Å². The number of para-hydroxylation sites is 1. The summed E-state index contributed by atoms with van der Waals surface area (Å²) in [6, 6.07) is 6.71. The van der Waals surface area contributed by atoms with E-state index in [9.17, 15) is 9.59 Å². The lowest BCUT2D eigenvalue weighted by molar-refractivity contribution is -0.116. The second-order valence-corrected chi connectivity index (χ2v) is 4.09. The van der Waals surface area contributed by atoms with E-state index in [1.54, 1.807) is 19.1 Å². The number of hydrogen-bond donors (Lipinski definition) is 1. The van der Waals surface area contributed by atoms with Gasteiger partial charge in [0, 0.05) is 6.54 Å². The Morgan fingerprint density at radius 2 is 1.95 bits per heavy atom. The molecule has 0 saturated carbocycles. The molecule has 2 rings (SSSR count). The molecule has 1 fully saturated rings. The Morgan fingerprint density at radius 1 is 1.25 bits per heavy atom. The van der Waals surface area contributed by atoms with Crippen LogP contribution in [0.4, 0.5) is 4.79 Å². The summed E-state index contributed by atoms with van der Waals surface area (Å²) in [5.41, 5.74) is 0.820. The number of ether oxygens (including phenoxy) is 2. The number of hydrogen-bond acceptors (Lipinski definition) is 4. The van der Waals surface area contributed by atoms with E-state index < -0.39 is 11.9 Å². The highest BCUT2D eigenvalue weighted by Gasteiger charge is 2.36. The van der Waals surface area contributed by atoms with Crippen LogP contribution in [-0.4, -0.2) is 37.6 Å². The predicted octanol–water partition coefficient (Wildman–Crippen LogP) is 1.58. The number of carbonyl (C=O) groups excluding carboxylic acids is 2. The van der Waals surface area contributed by atoms with Crippen molar-refractivity contribution in [3.05, 3.63) is 35.5 Å². The first-order valence-electron chi connectivity index (χ1n) is 6.18. The summed E-state index contributed by atoms with van der Waals surface area (Å²) in [5.74, 6) is 0.410. The maximum absolute atomic E-state index is 12.0. The van der Waals surface area contributed by atoms with Crippen molar-refractivity contribution in [2.24, 2.45) is 0 Å². The minimum absolute atomic E-state index is 0.199. The van der Waals surface area contributed by atoms with Gasteiger partial charge in [0.2, 0.25) is 0 Å². The van der Waals surface area contributed by atoms with E-state index in [0.717, 1.165) is 0 Å². The van der Waals surface area contributed by atoms with Gasteiger partial charge in [-0.15, -0.1) is 0 Å². The fraction of sp³-hybridized carbons (Fsp3) is 0.286. The summed E-state index contributed by atoms with van der Waals surface area (Å²) in [7, 11) is 2.99. The summed E-state index contributed by atoms with van der Waals surface area (Å²) >= 11 is 0. The lowest BCUT2D eigenvalue weighted by Crippen LogP contribution is -2.27. The number of urea groups is 1. The first-order chi connectivity index (χ1) is 9.63. The molecule has 1 aliphatic heterocycles. The molecule has 1 N–H and O–H groups in total. The third-order valence-electron chi connectivity index (χ3n) is 3.04. The molecular weight excluding hydrogens is 260 g/mol. The normalized spacial score (nSPS) is 17.1. The van der Waals surface area contributed by atoms with Gasteiger partial charge in [-0.05, 0) is 19.1 Å². The molecule has 1 aromatic rings. The Balaban J connectivity index is 2.63. The van der Waals surface area contributed by atoms with Crippen molar-refractivity contribution in [3.63, 3.8) is 0 Å². The minimum Gasteiger partial charge on any atom is -0.496 e. The molecule has 3 amide bonds. The minimum atomic E-state index is -0.473. The van der Waals surface area contributed by atoms with Crippen LogP contribution in [-0.2, 0) is 9.53 Å². The zero-order valence-electron chi connectivity index (χ0n) is 11.6. The Labute approximate surface area is 117 Å². The number of nitrogens with one attached hydrogen (secondary N) is 1. The Morgan fingerprint density at radius 3 is 2.55 bits per heavy atom. The van der Waals surface area contributed by atoms with Gasteiger partial charge in [0.1, 0.15) is 5.75 Å². The van der Waals surface area contributed by atoms with Gasteiger partial charge in [0.05, 0.1) is 19.8 Å². The fourth-order valence-corrected chi connectivity index (χ4v) is 2.14. The number of imide groups is 1. The van der Waals surface area contributed by atoms with Crippen molar-refractivity contribution in [3.8, 4) is 5.75 Å². The van der Waals surface area contributed by atoms with Crippen LogP contribution in [0.25, 0.3) is 5.76 Å². The molecule has 0 aliphatic carbocycles. The summed E-state index contributed by atoms with van der Waals surface area (Å²) in [6.45, 7) is 2.16. The van der Waals surface area contributed by atoms with Crippen molar-refractivity contribution in [2.45, 2.75) is 6.92 Å². The summed E-state index contributed by atoms with van der Waals surface area (Å²) in [5, 5.41) is 2.26. The predicted molar refractivity (Wildman–Crippen MR) is 72.8 cm³/mol. The molecule has 6 nitrogen and oxygen atoms in total. The molecule has 0 spiro atoms. The average Bonchev–Trinajstić information content (AvgIpc) is 2.74. The Kier molecular flexibility index (Phi) is 3.93. The zero-order valence-corrected chi connectivity index (χ0v) is 11.6. The molecule has 0 aromatic heterocycles. The van der Waals surface area contributed by atoms with Crippen LogP contribution in [0.1, 0.15) is 12.5 Å². The molecule has 20 heavy (non-hydrogen) atoms. The maximum atomic E-state index is 12.0. The van der Waals surface area contributed by atoms with Crippen molar-refractivity contribution >= 4 is 17.7 Å². The molecule has 0 bridgehead atoms. The van der Waals surface area contributed by atoms with Crippen LogP contribution >= 0.6 is 0 Å². The van der Waals surface area contributed by atoms with Crippen molar-refractivity contribution in [2.75, 3.05) is 20.8 Å². The second kappa shape index (κ2) is 5.64. The van der Waals surface area contributed by atoms with Gasteiger partial charge >= 0.3 is 6.03 Å². The van der Waals surface area contributed by atoms with Gasteiger partial charge < -0.3 is 9.47 Å². The highest BCUT2D eigenvalue weighted by atomic mass is 16.5. The van der Waals surface area contributed by atoms with E-state index in [-0.39, 0.29) is 5.70 Å². The van der Waals surface area contributed by atoms with E-state index in [4.69, 9.17) is 9.47 Å². The van der Waals surface area contributed by atoms with E-state index in [2.05, 4.69) is 5.32 Å². The molecule has 1 aromatic carbocycles. The molecule has 1 heterocycles. The highest BCUT2D eigenvalue weighted by Crippen LogP contribution is 2.31. The third-order valence-corrected chi connectivity index (χ3v) is 3.04. The standard InChI is InChI=1S/C14H16N2O4/c1-4-16-11(13(17)15-14(16)18)12(20-3)9-7-5-6-8-10(9)19-2/h5-8H,4H2,1-3H3,(H,15,17,18). The van der Waals surface area contributed by atoms with E-state index >= 15 is 0 Å². The van der Waals surface area contributed by atoms with Crippen molar-refractivity contribution in [1.82, 2.24) is 10.2 Å². The molecule has 0 radical (unpaired) electrons. The van der Waals surface area contributed by atoms with Gasteiger partial charge in [0.15, 0.2) is 11.5 Å². The molecule has 6 heteroatoms. The second-order valence-electron chi connectivity index (χ2n) is 4.09. The quantitative estimate of drug-likeness (QED) is 0.515. The van der Waals surface area contributed by atoms with E-state index in [1.807, 2.05) is 12.1 Å². The fourth-order valence-electron chi connectivity index (χ4n) is 2.14. The van der Waals surface area contributed by atoms with Gasteiger partial charge in [0.25, 0.3) is 5.91 Å². The van der Waals surface area contributed by atoms with Crippen LogP contribution in [0.3, 0.4) is 0 Å². The number of likely N-dealkylation sites (N-methyl/N-ethyl adjacent to an activating group) is 1. The van der Waals surface area contributed by atoms with Gasteiger partial charge in [-0.2, -0.15) is 0 Å². The molecule has 1 saturated heterocycles. The molecular formula is C14H16N2O4. The van der Waals surface area contributed by atoms with Crippen LogP contribution in [0.2, 0.25) is 0 Å². The Bertz CT molecular complexity index is 580. The number of rotatable bonds is 4. The lowest BCUT2D eigenvalue weighted by atomic mass is 10.1. The number of carbonyl (C=O) groups is 2. The molecule has 1 aliphatic rings. The molecule has 0 atom stereocenters. The van der Waals surface area contributed by atoms with Gasteiger partial charge in [-0.25, -0.2) is 4.79 Å². The largest absolute Gasteiger partial charge is 0.496 e. The summed E-state index contributed by atoms with van der Waals surface area (Å²) in [6.07, 6.45) is 0. The first kappa shape index (κ1) is 13.9. The van der Waals surface area contributed by atoms with Gasteiger partial charge in [-0.1, -0.05) is 12.1 Å². The molecule has 0 unspecified atom stereocenters. The maximum Gasteiger partial charge on any atom is 0.329 e. The smallest absolute Gasteiger partial charge is 0.329 e. The average molecular weight is 276 g/mol. The number of benzene rings is 1. The summed E-state index contributed by atoms with van der Waals surface area (Å²) in [4.78, 5) is 25.0.